The highest BCUT2D eigenvalue weighted by atomic mass is 16.1. The van der Waals surface area contributed by atoms with Crippen LogP contribution >= 0.6 is 0 Å². The van der Waals surface area contributed by atoms with E-state index in [1.807, 2.05) is 13.8 Å². The molecule has 0 bridgehead atoms. The van der Waals surface area contributed by atoms with Gasteiger partial charge in [0.25, 0.3) is 5.91 Å². The highest BCUT2D eigenvalue weighted by Crippen LogP contribution is 2.25. The van der Waals surface area contributed by atoms with Crippen molar-refractivity contribution in [2.24, 2.45) is 5.92 Å². The summed E-state index contributed by atoms with van der Waals surface area (Å²) in [5.74, 6) is 1.35. The summed E-state index contributed by atoms with van der Waals surface area (Å²) >= 11 is 0. The molecule has 2 N–H and O–H groups in total. The molecule has 1 unspecified atom stereocenters. The number of amides is 1. The molecule has 1 aromatic rings. The van der Waals surface area contributed by atoms with Crippen LogP contribution in [0.2, 0.25) is 0 Å². The van der Waals surface area contributed by atoms with Crippen LogP contribution in [0.3, 0.4) is 0 Å². The van der Waals surface area contributed by atoms with Gasteiger partial charge in [-0.2, -0.15) is 0 Å². The molecule has 0 aromatic carbocycles. The molecule has 2 fully saturated rings. The molecule has 26 heavy (non-hydrogen) atoms. The van der Waals surface area contributed by atoms with Crippen molar-refractivity contribution >= 4 is 11.9 Å². The van der Waals surface area contributed by atoms with Gasteiger partial charge in [0, 0.05) is 37.6 Å². The van der Waals surface area contributed by atoms with E-state index >= 15 is 0 Å². The van der Waals surface area contributed by atoms with Crippen molar-refractivity contribution in [2.75, 3.05) is 25.0 Å². The lowest BCUT2D eigenvalue weighted by Gasteiger charge is -2.36. The quantitative estimate of drug-likeness (QED) is 0.817. The van der Waals surface area contributed by atoms with Gasteiger partial charge >= 0.3 is 0 Å². The van der Waals surface area contributed by atoms with Gasteiger partial charge in [-0.05, 0) is 52.0 Å². The molecule has 2 aliphatic rings. The zero-order valence-corrected chi connectivity index (χ0v) is 16.2. The normalized spacial score (nSPS) is 22.3. The monoisotopic (exact) mass is 359 g/mol. The minimum absolute atomic E-state index is 0.0642. The zero-order chi connectivity index (χ0) is 18.4. The molecule has 3 rings (SSSR count). The fourth-order valence-corrected chi connectivity index (χ4v) is 4.12. The summed E-state index contributed by atoms with van der Waals surface area (Å²) in [5.41, 5.74) is 0.531. The average molecular weight is 360 g/mol. The second kappa shape index (κ2) is 9.31. The van der Waals surface area contributed by atoms with Gasteiger partial charge in [0.2, 0.25) is 5.95 Å². The van der Waals surface area contributed by atoms with Gasteiger partial charge in [-0.1, -0.05) is 19.3 Å². The molecule has 1 saturated carbocycles. The maximum absolute atomic E-state index is 12.5. The molecule has 0 radical (unpaired) electrons. The second-order valence-electron chi connectivity index (χ2n) is 8.17. The first kappa shape index (κ1) is 19.1. The summed E-state index contributed by atoms with van der Waals surface area (Å²) in [6.07, 6.45) is 12.4. The Morgan fingerprint density at radius 2 is 1.88 bits per heavy atom. The van der Waals surface area contributed by atoms with E-state index in [1.165, 1.54) is 45.2 Å². The number of carbonyl (C=O) groups is 1. The minimum atomic E-state index is -0.0642. The summed E-state index contributed by atoms with van der Waals surface area (Å²) in [6.45, 7) is 7.40. The smallest absolute Gasteiger partial charge is 0.254 e. The number of hydrogen-bond acceptors (Lipinski definition) is 5. The standard InChI is InChI=1S/C20H33N5O/c1-15(2)23-20-21-11-17(12-22-20)19(26)24-18-9-6-10-25(14-18)13-16-7-4-3-5-8-16/h11-12,15-16,18H,3-10,13-14H2,1-2H3,(H,24,26)(H,21,22,23). The highest BCUT2D eigenvalue weighted by Gasteiger charge is 2.24. The van der Waals surface area contributed by atoms with Crippen molar-refractivity contribution in [3.05, 3.63) is 18.0 Å². The number of aromatic nitrogens is 2. The predicted molar refractivity (Wildman–Crippen MR) is 104 cm³/mol. The Morgan fingerprint density at radius 3 is 2.58 bits per heavy atom. The van der Waals surface area contributed by atoms with Crippen molar-refractivity contribution in [3.63, 3.8) is 0 Å². The first-order valence-corrected chi connectivity index (χ1v) is 10.2. The van der Waals surface area contributed by atoms with E-state index in [2.05, 4.69) is 25.5 Å². The number of carbonyl (C=O) groups excluding carboxylic acids is 1. The maximum atomic E-state index is 12.5. The minimum Gasteiger partial charge on any atom is -0.352 e. The number of piperidine rings is 1. The van der Waals surface area contributed by atoms with Crippen LogP contribution in [0, 0.1) is 5.92 Å². The van der Waals surface area contributed by atoms with Crippen LogP contribution in [0.1, 0.15) is 69.2 Å². The summed E-state index contributed by atoms with van der Waals surface area (Å²) in [6, 6.07) is 0.500. The molecule has 1 atom stereocenters. The number of likely N-dealkylation sites (tertiary alicyclic amines) is 1. The predicted octanol–water partition coefficient (Wildman–Crippen LogP) is 3.07. The molecule has 1 amide bonds. The SMILES string of the molecule is CC(C)Nc1ncc(C(=O)NC2CCCN(CC3CCCCC3)C2)cn1. The maximum Gasteiger partial charge on any atom is 0.254 e. The van der Waals surface area contributed by atoms with E-state index in [0.29, 0.717) is 11.5 Å². The Bertz CT molecular complexity index is 568. The lowest BCUT2D eigenvalue weighted by Crippen LogP contribution is -2.49. The molecule has 1 saturated heterocycles. The summed E-state index contributed by atoms with van der Waals surface area (Å²) in [5, 5.41) is 6.32. The Kier molecular flexibility index (Phi) is 6.83. The first-order valence-electron chi connectivity index (χ1n) is 10.2. The lowest BCUT2D eigenvalue weighted by atomic mass is 9.88. The second-order valence-corrected chi connectivity index (χ2v) is 8.17. The Morgan fingerprint density at radius 1 is 1.15 bits per heavy atom. The van der Waals surface area contributed by atoms with Crippen molar-refractivity contribution in [3.8, 4) is 0 Å². The molecular formula is C20H33N5O. The third-order valence-corrected chi connectivity index (χ3v) is 5.41. The van der Waals surface area contributed by atoms with Gasteiger partial charge < -0.3 is 15.5 Å². The average Bonchev–Trinajstić information content (AvgIpc) is 2.63. The molecule has 6 nitrogen and oxygen atoms in total. The Hall–Kier alpha value is -1.69. The van der Waals surface area contributed by atoms with Gasteiger partial charge in [-0.15, -0.1) is 0 Å². The van der Waals surface area contributed by atoms with Crippen LogP contribution in [-0.4, -0.2) is 52.5 Å². The molecule has 1 aromatic heterocycles. The summed E-state index contributed by atoms with van der Waals surface area (Å²) < 4.78 is 0. The number of nitrogens with one attached hydrogen (secondary N) is 2. The molecule has 1 aliphatic heterocycles. The van der Waals surface area contributed by atoms with Crippen molar-refractivity contribution in [1.82, 2.24) is 20.2 Å². The Balaban J connectivity index is 1.48. The highest BCUT2D eigenvalue weighted by molar-refractivity contribution is 5.93. The van der Waals surface area contributed by atoms with Gasteiger partial charge in [0.1, 0.15) is 0 Å². The number of nitrogens with zero attached hydrogens (tertiary/aromatic N) is 3. The topological polar surface area (TPSA) is 70.2 Å². The van der Waals surface area contributed by atoms with Crippen molar-refractivity contribution in [1.29, 1.82) is 0 Å². The van der Waals surface area contributed by atoms with Crippen LogP contribution in [0.15, 0.2) is 12.4 Å². The van der Waals surface area contributed by atoms with Gasteiger partial charge in [-0.25, -0.2) is 9.97 Å². The fourth-order valence-electron chi connectivity index (χ4n) is 4.12. The Labute approximate surface area is 157 Å². The third-order valence-electron chi connectivity index (χ3n) is 5.41. The van der Waals surface area contributed by atoms with Crippen LogP contribution in [0.4, 0.5) is 5.95 Å². The molecule has 1 aliphatic carbocycles. The van der Waals surface area contributed by atoms with E-state index in [-0.39, 0.29) is 18.0 Å². The number of rotatable bonds is 6. The number of anilines is 1. The molecular weight excluding hydrogens is 326 g/mol. The summed E-state index contributed by atoms with van der Waals surface area (Å²) in [7, 11) is 0. The lowest BCUT2D eigenvalue weighted by molar-refractivity contribution is 0.0889. The largest absolute Gasteiger partial charge is 0.352 e. The van der Waals surface area contributed by atoms with Crippen molar-refractivity contribution in [2.45, 2.75) is 70.9 Å². The van der Waals surface area contributed by atoms with E-state index in [1.54, 1.807) is 12.4 Å². The van der Waals surface area contributed by atoms with Crippen molar-refractivity contribution < 1.29 is 4.79 Å². The van der Waals surface area contributed by atoms with E-state index in [0.717, 1.165) is 25.3 Å². The van der Waals surface area contributed by atoms with E-state index in [4.69, 9.17) is 0 Å². The van der Waals surface area contributed by atoms with Crippen LogP contribution < -0.4 is 10.6 Å². The fraction of sp³-hybridized carbons (Fsp3) is 0.750. The van der Waals surface area contributed by atoms with Gasteiger partial charge in [0.05, 0.1) is 5.56 Å². The number of hydrogen-bond donors (Lipinski definition) is 2. The molecule has 6 heteroatoms. The summed E-state index contributed by atoms with van der Waals surface area (Å²) in [4.78, 5) is 23.5. The zero-order valence-electron chi connectivity index (χ0n) is 16.2. The van der Waals surface area contributed by atoms with Crippen LogP contribution in [-0.2, 0) is 0 Å². The molecule has 2 heterocycles. The van der Waals surface area contributed by atoms with Crippen LogP contribution in [0.5, 0.6) is 0 Å². The van der Waals surface area contributed by atoms with E-state index < -0.39 is 0 Å². The molecule has 0 spiro atoms. The first-order chi connectivity index (χ1) is 12.6. The molecule has 144 valence electrons. The van der Waals surface area contributed by atoms with E-state index in [9.17, 15) is 4.79 Å². The van der Waals surface area contributed by atoms with Gasteiger partial charge in [-0.3, -0.25) is 4.79 Å². The van der Waals surface area contributed by atoms with Gasteiger partial charge in [0.15, 0.2) is 0 Å². The van der Waals surface area contributed by atoms with Crippen LogP contribution in [0.25, 0.3) is 0 Å². The third kappa shape index (κ3) is 5.66.